The molecule has 0 unspecified atom stereocenters. The van der Waals surface area contributed by atoms with Crippen molar-refractivity contribution in [1.29, 1.82) is 0 Å². The monoisotopic (exact) mass is 269 g/mol. The van der Waals surface area contributed by atoms with Gasteiger partial charge in [0.2, 0.25) is 5.28 Å². The molecule has 1 aromatic rings. The summed E-state index contributed by atoms with van der Waals surface area (Å²) in [7, 11) is 12.7. The average Bonchev–Trinajstić information content (AvgIpc) is 2.13. The standard InChI is InChI=1S/C9H11B2Cl2N3O/c1-8(2,9(10,11)17)16(3)6-4-5(12)14-7(13)15-6/h4,17H,1-3H3. The molecule has 88 valence electrons. The second-order valence-corrected chi connectivity index (χ2v) is 4.99. The molecule has 0 aliphatic rings. The average molecular weight is 270 g/mol. The second-order valence-electron chi connectivity index (χ2n) is 4.26. The molecule has 4 nitrogen and oxygen atoms in total. The number of rotatable bonds is 3. The zero-order chi connectivity index (χ0) is 13.4. The van der Waals surface area contributed by atoms with Gasteiger partial charge in [-0.3, -0.25) is 0 Å². The molecule has 0 fully saturated rings. The first-order chi connectivity index (χ1) is 7.55. The number of halogens is 2. The van der Waals surface area contributed by atoms with E-state index >= 15 is 0 Å². The third-order valence-corrected chi connectivity index (χ3v) is 3.18. The summed E-state index contributed by atoms with van der Waals surface area (Å²) in [6, 6.07) is 1.50. The molecular weight excluding hydrogens is 259 g/mol. The fourth-order valence-corrected chi connectivity index (χ4v) is 1.50. The number of nitrogens with zero attached hydrogens (tertiary/aromatic N) is 3. The van der Waals surface area contributed by atoms with Gasteiger partial charge in [-0.25, -0.2) is 9.97 Å². The topological polar surface area (TPSA) is 49.2 Å². The van der Waals surface area contributed by atoms with Gasteiger partial charge in [-0.1, -0.05) is 11.6 Å². The van der Waals surface area contributed by atoms with Gasteiger partial charge in [-0.05, 0) is 25.4 Å². The molecule has 4 radical (unpaired) electrons. The third kappa shape index (κ3) is 3.06. The van der Waals surface area contributed by atoms with Gasteiger partial charge in [0.1, 0.15) is 26.7 Å². The van der Waals surface area contributed by atoms with Crippen LogP contribution in [-0.2, 0) is 0 Å². The van der Waals surface area contributed by atoms with Crippen LogP contribution in [0.5, 0.6) is 0 Å². The number of aromatic nitrogens is 2. The zero-order valence-electron chi connectivity index (χ0n) is 9.78. The van der Waals surface area contributed by atoms with Gasteiger partial charge < -0.3 is 10.0 Å². The summed E-state index contributed by atoms with van der Waals surface area (Å²) in [6.07, 6.45) is 0. The van der Waals surface area contributed by atoms with Crippen LogP contribution in [0.3, 0.4) is 0 Å². The van der Waals surface area contributed by atoms with Crippen molar-refractivity contribution in [2.24, 2.45) is 0 Å². The Labute approximate surface area is 113 Å². The summed E-state index contributed by atoms with van der Waals surface area (Å²) in [5, 5.41) is 8.01. The lowest BCUT2D eigenvalue weighted by Gasteiger charge is -2.46. The number of hydrogen-bond donors (Lipinski definition) is 1. The lowest BCUT2D eigenvalue weighted by Crippen LogP contribution is -2.61. The van der Waals surface area contributed by atoms with Crippen molar-refractivity contribution in [3.8, 4) is 0 Å². The highest BCUT2D eigenvalue weighted by molar-refractivity contribution is 6.40. The molecule has 0 saturated carbocycles. The summed E-state index contributed by atoms with van der Waals surface area (Å²) in [4.78, 5) is 9.29. The van der Waals surface area contributed by atoms with Crippen LogP contribution in [0.25, 0.3) is 0 Å². The molecule has 0 aliphatic carbocycles. The second kappa shape index (κ2) is 4.67. The first-order valence-electron chi connectivity index (χ1n) is 4.80. The minimum atomic E-state index is -1.91. The highest BCUT2D eigenvalue weighted by Crippen LogP contribution is 2.28. The lowest BCUT2D eigenvalue weighted by atomic mass is 9.55. The summed E-state index contributed by atoms with van der Waals surface area (Å²) < 4.78 is 0. The van der Waals surface area contributed by atoms with Crippen LogP contribution in [0.2, 0.25) is 10.4 Å². The minimum Gasteiger partial charge on any atom is -0.407 e. The van der Waals surface area contributed by atoms with Gasteiger partial charge in [0, 0.05) is 24.1 Å². The lowest BCUT2D eigenvalue weighted by molar-refractivity contribution is 0.133. The normalized spacial score (nSPS) is 12.6. The Morgan fingerprint density at radius 2 is 1.82 bits per heavy atom. The van der Waals surface area contributed by atoms with Gasteiger partial charge in [-0.2, -0.15) is 0 Å². The van der Waals surface area contributed by atoms with Crippen molar-refractivity contribution >= 4 is 44.7 Å². The van der Waals surface area contributed by atoms with Crippen LogP contribution in [0.4, 0.5) is 5.82 Å². The van der Waals surface area contributed by atoms with E-state index in [1.807, 2.05) is 0 Å². The van der Waals surface area contributed by atoms with Gasteiger partial charge >= 0.3 is 0 Å². The fourth-order valence-electron chi connectivity index (χ4n) is 1.11. The van der Waals surface area contributed by atoms with Crippen molar-refractivity contribution in [2.45, 2.75) is 24.8 Å². The van der Waals surface area contributed by atoms with Crippen LogP contribution in [0.1, 0.15) is 13.8 Å². The quantitative estimate of drug-likeness (QED) is 0.505. The maximum absolute atomic E-state index is 9.72. The van der Waals surface area contributed by atoms with E-state index in [0.29, 0.717) is 5.82 Å². The minimum absolute atomic E-state index is 0.00716. The van der Waals surface area contributed by atoms with Crippen LogP contribution in [0.15, 0.2) is 6.07 Å². The van der Waals surface area contributed by atoms with E-state index in [0.717, 1.165) is 0 Å². The Bertz CT molecular complexity index is 403. The molecule has 0 saturated heterocycles. The van der Waals surface area contributed by atoms with Gasteiger partial charge in [0.15, 0.2) is 0 Å². The Hall–Kier alpha value is -0.450. The molecule has 0 spiro atoms. The third-order valence-electron chi connectivity index (χ3n) is 2.82. The Morgan fingerprint density at radius 1 is 1.29 bits per heavy atom. The predicted molar refractivity (Wildman–Crippen MR) is 71.0 cm³/mol. The van der Waals surface area contributed by atoms with E-state index in [-0.39, 0.29) is 10.4 Å². The first-order valence-corrected chi connectivity index (χ1v) is 5.55. The molecule has 1 rings (SSSR count). The van der Waals surface area contributed by atoms with Crippen molar-refractivity contribution in [1.82, 2.24) is 9.97 Å². The van der Waals surface area contributed by atoms with Gasteiger partial charge in [0.05, 0.1) is 0 Å². The molecule has 0 aromatic carbocycles. The fraction of sp³-hybridized carbons (Fsp3) is 0.556. The van der Waals surface area contributed by atoms with Crippen molar-refractivity contribution in [3.63, 3.8) is 0 Å². The molecule has 1 N–H and O–H groups in total. The molecule has 0 aliphatic heterocycles. The zero-order valence-corrected chi connectivity index (χ0v) is 11.3. The molecule has 8 heteroatoms. The number of hydrogen-bond acceptors (Lipinski definition) is 4. The van der Waals surface area contributed by atoms with E-state index in [1.165, 1.54) is 6.07 Å². The molecule has 17 heavy (non-hydrogen) atoms. The summed E-state index contributed by atoms with van der Waals surface area (Å²) in [5.74, 6) is 0.411. The van der Waals surface area contributed by atoms with E-state index in [4.69, 9.17) is 38.9 Å². The highest BCUT2D eigenvalue weighted by atomic mass is 35.5. The maximum Gasteiger partial charge on any atom is 0.225 e. The Balaban J connectivity index is 3.16. The van der Waals surface area contributed by atoms with E-state index in [1.54, 1.807) is 25.8 Å². The number of anilines is 1. The van der Waals surface area contributed by atoms with E-state index < -0.39 is 10.9 Å². The van der Waals surface area contributed by atoms with E-state index in [9.17, 15) is 5.11 Å². The molecule has 0 amide bonds. The highest BCUT2D eigenvalue weighted by Gasteiger charge is 2.38. The van der Waals surface area contributed by atoms with Crippen molar-refractivity contribution in [3.05, 3.63) is 16.5 Å². The molecular formula is C9H11B2Cl2N3O. The summed E-state index contributed by atoms with van der Waals surface area (Å²) in [5.41, 5.74) is -0.978. The Morgan fingerprint density at radius 3 is 2.24 bits per heavy atom. The van der Waals surface area contributed by atoms with Gasteiger partial charge in [-0.15, -0.1) is 0 Å². The molecule has 0 bridgehead atoms. The van der Waals surface area contributed by atoms with Crippen LogP contribution >= 0.6 is 23.2 Å². The van der Waals surface area contributed by atoms with Crippen molar-refractivity contribution < 1.29 is 5.11 Å². The number of likely N-dealkylation sites (N-methyl/N-ethyl adjacent to an activating group) is 1. The summed E-state index contributed by atoms with van der Waals surface area (Å²) in [6.45, 7) is 3.33. The van der Waals surface area contributed by atoms with Crippen LogP contribution < -0.4 is 4.90 Å². The van der Waals surface area contributed by atoms with Gasteiger partial charge in [0.25, 0.3) is 0 Å². The molecule has 1 heterocycles. The Kier molecular flexibility index (Phi) is 4.01. The maximum atomic E-state index is 9.72. The largest absolute Gasteiger partial charge is 0.407 e. The predicted octanol–water partition coefficient (Wildman–Crippen LogP) is 0.981. The molecule has 0 atom stereocenters. The van der Waals surface area contributed by atoms with E-state index in [2.05, 4.69) is 9.97 Å². The molecule has 1 aromatic heterocycles. The SMILES string of the molecule is [B]C([B])(O)C(C)(C)N(C)c1cc(Cl)nc(Cl)n1. The van der Waals surface area contributed by atoms with Crippen LogP contribution in [0, 0.1) is 0 Å². The number of aliphatic hydroxyl groups is 1. The van der Waals surface area contributed by atoms with Crippen LogP contribution in [-0.4, -0.2) is 48.8 Å². The first kappa shape index (κ1) is 14.6. The smallest absolute Gasteiger partial charge is 0.225 e. The summed E-state index contributed by atoms with van der Waals surface area (Å²) >= 11 is 11.5. The van der Waals surface area contributed by atoms with Crippen molar-refractivity contribution in [2.75, 3.05) is 11.9 Å².